The molecule has 0 fully saturated rings. The molecule has 0 saturated carbocycles. The summed E-state index contributed by atoms with van der Waals surface area (Å²) in [4.78, 5) is 22.7. The first-order valence-electron chi connectivity index (χ1n) is 7.91. The normalized spacial score (nSPS) is 12.4. The molecule has 26 heavy (non-hydrogen) atoms. The number of rotatable bonds is 7. The summed E-state index contributed by atoms with van der Waals surface area (Å²) in [5, 5.41) is 13.5. The van der Waals surface area contributed by atoms with Gasteiger partial charge in [-0.15, -0.1) is 0 Å². The Morgan fingerprint density at radius 1 is 1.15 bits per heavy atom. The van der Waals surface area contributed by atoms with Crippen LogP contribution in [0.4, 0.5) is 11.4 Å². The van der Waals surface area contributed by atoms with E-state index in [9.17, 15) is 23.3 Å². The van der Waals surface area contributed by atoms with Crippen LogP contribution in [0.2, 0.25) is 0 Å². The lowest BCUT2D eigenvalue weighted by atomic mass is 10.1. The fourth-order valence-corrected chi connectivity index (χ4v) is 3.48. The molecule has 0 aliphatic rings. The molecule has 1 atom stereocenters. The van der Waals surface area contributed by atoms with Gasteiger partial charge in [-0.05, 0) is 43.7 Å². The molecule has 1 unspecified atom stereocenters. The maximum atomic E-state index is 12.3. The molecule has 0 heterocycles. The van der Waals surface area contributed by atoms with Crippen LogP contribution in [0, 0.1) is 10.1 Å². The van der Waals surface area contributed by atoms with Crippen molar-refractivity contribution in [2.24, 2.45) is 0 Å². The third kappa shape index (κ3) is 4.64. The standard InChI is InChI=1S/C17H19N3O5S/c1-3-12(2)19-26(24,25)14-10-8-13(9-11-14)18-17(21)15-6-4-5-7-16(15)20(22)23/h4-12,19H,3H2,1-2H3,(H,18,21). The van der Waals surface area contributed by atoms with Crippen LogP contribution in [0.5, 0.6) is 0 Å². The van der Waals surface area contributed by atoms with E-state index in [1.54, 1.807) is 6.92 Å². The highest BCUT2D eigenvalue weighted by atomic mass is 32.2. The molecule has 2 aromatic carbocycles. The number of hydrogen-bond acceptors (Lipinski definition) is 5. The van der Waals surface area contributed by atoms with E-state index in [1.807, 2.05) is 6.92 Å². The predicted molar refractivity (Wildman–Crippen MR) is 97.6 cm³/mol. The molecule has 0 aromatic heterocycles. The average molecular weight is 377 g/mol. The lowest BCUT2D eigenvalue weighted by Crippen LogP contribution is -2.31. The first-order valence-corrected chi connectivity index (χ1v) is 9.40. The van der Waals surface area contributed by atoms with Crippen molar-refractivity contribution >= 4 is 27.3 Å². The molecule has 0 aliphatic heterocycles. The van der Waals surface area contributed by atoms with Gasteiger partial charge in [0.15, 0.2) is 0 Å². The first kappa shape index (κ1) is 19.5. The lowest BCUT2D eigenvalue weighted by molar-refractivity contribution is -0.385. The number of nitro groups is 1. The number of nitrogens with zero attached hydrogens (tertiary/aromatic N) is 1. The monoisotopic (exact) mass is 377 g/mol. The van der Waals surface area contributed by atoms with Gasteiger partial charge in [0.25, 0.3) is 11.6 Å². The predicted octanol–water partition coefficient (Wildman–Crippen LogP) is 2.92. The summed E-state index contributed by atoms with van der Waals surface area (Å²) in [6.07, 6.45) is 0.656. The van der Waals surface area contributed by atoms with Crippen LogP contribution in [0.3, 0.4) is 0 Å². The van der Waals surface area contributed by atoms with Gasteiger partial charge >= 0.3 is 0 Å². The van der Waals surface area contributed by atoms with Crippen molar-refractivity contribution < 1.29 is 18.1 Å². The Balaban J connectivity index is 2.17. The van der Waals surface area contributed by atoms with Crippen LogP contribution < -0.4 is 10.0 Å². The molecule has 2 aromatic rings. The number of carbonyl (C=O) groups excluding carboxylic acids is 1. The van der Waals surface area contributed by atoms with Gasteiger partial charge < -0.3 is 5.32 Å². The van der Waals surface area contributed by atoms with E-state index in [2.05, 4.69) is 10.0 Å². The van der Waals surface area contributed by atoms with Crippen molar-refractivity contribution in [3.8, 4) is 0 Å². The van der Waals surface area contributed by atoms with Gasteiger partial charge in [-0.2, -0.15) is 0 Å². The summed E-state index contributed by atoms with van der Waals surface area (Å²) in [5.41, 5.74) is -0.0507. The SMILES string of the molecule is CCC(C)NS(=O)(=O)c1ccc(NC(=O)c2ccccc2[N+](=O)[O-])cc1. The van der Waals surface area contributed by atoms with E-state index in [0.717, 1.165) is 0 Å². The van der Waals surface area contributed by atoms with Gasteiger partial charge in [-0.1, -0.05) is 19.1 Å². The summed E-state index contributed by atoms with van der Waals surface area (Å²) in [7, 11) is -3.64. The number of anilines is 1. The van der Waals surface area contributed by atoms with E-state index in [4.69, 9.17) is 0 Å². The van der Waals surface area contributed by atoms with Crippen molar-refractivity contribution in [2.75, 3.05) is 5.32 Å². The van der Waals surface area contributed by atoms with Gasteiger partial charge in [0.1, 0.15) is 5.56 Å². The number of amides is 1. The highest BCUT2D eigenvalue weighted by Crippen LogP contribution is 2.20. The topological polar surface area (TPSA) is 118 Å². The van der Waals surface area contributed by atoms with Crippen molar-refractivity contribution in [1.29, 1.82) is 0 Å². The third-order valence-corrected chi connectivity index (χ3v) is 5.34. The Labute approximate surface area is 151 Å². The largest absolute Gasteiger partial charge is 0.322 e. The number of benzene rings is 2. The van der Waals surface area contributed by atoms with Crippen LogP contribution in [0.25, 0.3) is 0 Å². The summed E-state index contributed by atoms with van der Waals surface area (Å²) in [5.74, 6) is -0.648. The Kier molecular flexibility index (Phi) is 6.06. The molecule has 0 radical (unpaired) electrons. The highest BCUT2D eigenvalue weighted by Gasteiger charge is 2.20. The zero-order valence-electron chi connectivity index (χ0n) is 14.3. The molecule has 2 rings (SSSR count). The maximum Gasteiger partial charge on any atom is 0.282 e. The molecular weight excluding hydrogens is 358 g/mol. The van der Waals surface area contributed by atoms with Crippen molar-refractivity contribution in [2.45, 2.75) is 31.2 Å². The molecule has 0 bridgehead atoms. The molecule has 0 aliphatic carbocycles. The van der Waals surface area contributed by atoms with E-state index in [-0.39, 0.29) is 22.2 Å². The number of para-hydroxylation sites is 1. The fraction of sp³-hybridized carbons (Fsp3) is 0.235. The zero-order chi connectivity index (χ0) is 19.3. The molecular formula is C17H19N3O5S. The van der Waals surface area contributed by atoms with Crippen LogP contribution in [-0.4, -0.2) is 25.3 Å². The van der Waals surface area contributed by atoms with Crippen LogP contribution >= 0.6 is 0 Å². The van der Waals surface area contributed by atoms with E-state index in [1.165, 1.54) is 48.5 Å². The minimum atomic E-state index is -3.64. The Bertz CT molecular complexity index is 910. The summed E-state index contributed by atoms with van der Waals surface area (Å²) in [6, 6.07) is 11.0. The second-order valence-corrected chi connectivity index (χ2v) is 7.40. The van der Waals surface area contributed by atoms with Crippen molar-refractivity contribution in [3.05, 3.63) is 64.2 Å². The van der Waals surface area contributed by atoms with Gasteiger partial charge in [-0.3, -0.25) is 14.9 Å². The zero-order valence-corrected chi connectivity index (χ0v) is 15.1. The molecule has 8 nitrogen and oxygen atoms in total. The molecule has 1 amide bonds. The maximum absolute atomic E-state index is 12.3. The number of sulfonamides is 1. The second-order valence-electron chi connectivity index (χ2n) is 5.68. The number of hydrogen-bond donors (Lipinski definition) is 2. The number of carbonyl (C=O) groups is 1. The summed E-state index contributed by atoms with van der Waals surface area (Å²) < 4.78 is 26.9. The molecule has 0 spiro atoms. The second kappa shape index (κ2) is 8.07. The number of nitro benzene ring substituents is 1. The molecule has 138 valence electrons. The molecule has 9 heteroatoms. The van der Waals surface area contributed by atoms with Gasteiger partial charge in [0.2, 0.25) is 10.0 Å². The minimum absolute atomic E-state index is 0.0708. The number of nitrogens with one attached hydrogen (secondary N) is 2. The summed E-state index contributed by atoms with van der Waals surface area (Å²) in [6.45, 7) is 3.63. The van der Waals surface area contributed by atoms with Crippen LogP contribution in [0.15, 0.2) is 53.4 Å². The van der Waals surface area contributed by atoms with Gasteiger partial charge in [0, 0.05) is 17.8 Å². The minimum Gasteiger partial charge on any atom is -0.322 e. The first-order chi connectivity index (χ1) is 12.2. The lowest BCUT2D eigenvalue weighted by Gasteiger charge is -2.12. The Hall–Kier alpha value is -2.78. The molecule has 2 N–H and O–H groups in total. The smallest absolute Gasteiger partial charge is 0.282 e. The van der Waals surface area contributed by atoms with E-state index < -0.39 is 20.9 Å². The van der Waals surface area contributed by atoms with E-state index in [0.29, 0.717) is 12.1 Å². The quantitative estimate of drug-likeness (QED) is 0.568. The van der Waals surface area contributed by atoms with Crippen molar-refractivity contribution in [1.82, 2.24) is 4.72 Å². The van der Waals surface area contributed by atoms with Crippen molar-refractivity contribution in [3.63, 3.8) is 0 Å². The van der Waals surface area contributed by atoms with Gasteiger partial charge in [-0.25, -0.2) is 13.1 Å². The van der Waals surface area contributed by atoms with Crippen LogP contribution in [-0.2, 0) is 10.0 Å². The van der Waals surface area contributed by atoms with Gasteiger partial charge in [0.05, 0.1) is 9.82 Å². The molecule has 0 saturated heterocycles. The Morgan fingerprint density at radius 3 is 2.35 bits per heavy atom. The average Bonchev–Trinajstić information content (AvgIpc) is 2.61. The van der Waals surface area contributed by atoms with E-state index >= 15 is 0 Å². The third-order valence-electron chi connectivity index (χ3n) is 3.74. The van der Waals surface area contributed by atoms with Crippen LogP contribution in [0.1, 0.15) is 30.6 Å². The fourth-order valence-electron chi connectivity index (χ4n) is 2.16. The highest BCUT2D eigenvalue weighted by molar-refractivity contribution is 7.89. The summed E-state index contributed by atoms with van der Waals surface area (Å²) >= 11 is 0. The Morgan fingerprint density at radius 2 is 1.77 bits per heavy atom.